The van der Waals surface area contributed by atoms with Crippen molar-refractivity contribution in [2.75, 3.05) is 23.4 Å². The zero-order valence-electron chi connectivity index (χ0n) is 11.4. The molecule has 1 aromatic rings. The summed E-state index contributed by atoms with van der Waals surface area (Å²) >= 11 is 5.75. The van der Waals surface area contributed by atoms with Crippen molar-refractivity contribution in [3.63, 3.8) is 0 Å². The molecular formula is C13H16ClFN2O3S. The fraction of sp³-hybridized carbons (Fsp3) is 0.462. The average molecular weight is 335 g/mol. The van der Waals surface area contributed by atoms with E-state index in [-0.39, 0.29) is 23.7 Å². The minimum Gasteiger partial charge on any atom is -0.374 e. The molecule has 8 heteroatoms. The third kappa shape index (κ3) is 4.31. The van der Waals surface area contributed by atoms with E-state index in [0.29, 0.717) is 11.4 Å². The van der Waals surface area contributed by atoms with Crippen molar-refractivity contribution in [3.8, 4) is 0 Å². The fourth-order valence-corrected chi connectivity index (χ4v) is 4.56. The quantitative estimate of drug-likeness (QED) is 0.876. The molecule has 21 heavy (non-hydrogen) atoms. The predicted octanol–water partition coefficient (Wildman–Crippen LogP) is 1.58. The van der Waals surface area contributed by atoms with E-state index in [2.05, 4.69) is 10.6 Å². The first-order chi connectivity index (χ1) is 9.69. The molecular weight excluding hydrogens is 319 g/mol. The van der Waals surface area contributed by atoms with Crippen LogP contribution >= 0.6 is 11.6 Å². The highest BCUT2D eigenvalue weighted by atomic mass is 35.5. The Labute approximate surface area is 127 Å². The number of amides is 1. The Kier molecular flexibility index (Phi) is 4.43. The van der Waals surface area contributed by atoms with Crippen LogP contribution in [-0.4, -0.2) is 37.9 Å². The van der Waals surface area contributed by atoms with Gasteiger partial charge in [-0.1, -0.05) is 11.6 Å². The molecule has 0 aromatic heterocycles. The minimum absolute atomic E-state index is 0.0696. The van der Waals surface area contributed by atoms with Gasteiger partial charge in [0.15, 0.2) is 9.84 Å². The average Bonchev–Trinajstić information content (AvgIpc) is 2.64. The Morgan fingerprint density at radius 1 is 1.48 bits per heavy atom. The fourth-order valence-electron chi connectivity index (χ4n) is 2.30. The van der Waals surface area contributed by atoms with Crippen LogP contribution in [0.1, 0.15) is 13.3 Å². The van der Waals surface area contributed by atoms with Crippen LogP contribution in [0.5, 0.6) is 0 Å². The van der Waals surface area contributed by atoms with Gasteiger partial charge in [0.1, 0.15) is 5.82 Å². The van der Waals surface area contributed by atoms with Crippen molar-refractivity contribution >= 4 is 33.0 Å². The van der Waals surface area contributed by atoms with E-state index in [1.807, 2.05) is 0 Å². The minimum atomic E-state index is -3.09. The van der Waals surface area contributed by atoms with Gasteiger partial charge in [0, 0.05) is 5.02 Å². The zero-order chi connectivity index (χ0) is 15.7. The zero-order valence-corrected chi connectivity index (χ0v) is 13.0. The number of anilines is 1. The number of halogens is 2. The summed E-state index contributed by atoms with van der Waals surface area (Å²) in [7, 11) is -3.09. The van der Waals surface area contributed by atoms with Gasteiger partial charge in [-0.05, 0) is 31.5 Å². The number of carbonyl (C=O) groups excluding carboxylic acids is 1. The van der Waals surface area contributed by atoms with Gasteiger partial charge in [-0.25, -0.2) is 12.8 Å². The first kappa shape index (κ1) is 16.0. The third-order valence-electron chi connectivity index (χ3n) is 3.31. The number of carbonyl (C=O) groups is 1. The van der Waals surface area contributed by atoms with Crippen LogP contribution in [0.4, 0.5) is 10.1 Å². The molecule has 1 fully saturated rings. The lowest BCUT2D eigenvalue weighted by Crippen LogP contribution is -2.48. The van der Waals surface area contributed by atoms with Crippen LogP contribution in [0, 0.1) is 5.82 Å². The largest absolute Gasteiger partial charge is 0.374 e. The number of hydrogen-bond donors (Lipinski definition) is 2. The van der Waals surface area contributed by atoms with Gasteiger partial charge in [0.25, 0.3) is 0 Å². The van der Waals surface area contributed by atoms with Crippen LogP contribution in [0.2, 0.25) is 5.02 Å². The second-order valence-corrected chi connectivity index (χ2v) is 8.05. The van der Waals surface area contributed by atoms with Gasteiger partial charge in [-0.3, -0.25) is 4.79 Å². The Hall–Kier alpha value is -1.34. The number of benzene rings is 1. The molecule has 1 aliphatic heterocycles. The molecule has 0 spiro atoms. The molecule has 1 aromatic carbocycles. The molecule has 2 N–H and O–H groups in total. The maximum absolute atomic E-state index is 13.5. The van der Waals surface area contributed by atoms with Crippen molar-refractivity contribution in [2.45, 2.75) is 18.9 Å². The molecule has 0 bridgehead atoms. The van der Waals surface area contributed by atoms with Crippen LogP contribution in [-0.2, 0) is 14.6 Å². The molecule has 1 heterocycles. The van der Waals surface area contributed by atoms with Crippen LogP contribution < -0.4 is 10.6 Å². The smallest absolute Gasteiger partial charge is 0.239 e. The van der Waals surface area contributed by atoms with Gasteiger partial charge >= 0.3 is 0 Å². The Bertz CT molecular complexity index is 665. The van der Waals surface area contributed by atoms with Crippen molar-refractivity contribution < 1.29 is 17.6 Å². The molecule has 0 radical (unpaired) electrons. The molecule has 0 saturated carbocycles. The Morgan fingerprint density at radius 2 is 2.19 bits per heavy atom. The molecule has 116 valence electrons. The standard InChI is InChI=1S/C13H16ClFN2O3S/c1-13(4-5-21(19,20)8-13)17-12(18)7-16-11-6-9(14)2-3-10(11)15/h2-3,6,16H,4-5,7-8H2,1H3,(H,17,18)/t13-/m1/s1. The SMILES string of the molecule is C[C@@]1(NC(=O)CNc2cc(Cl)ccc2F)CCS(=O)(=O)C1. The summed E-state index contributed by atoms with van der Waals surface area (Å²) in [6.45, 7) is 1.53. The topological polar surface area (TPSA) is 75.3 Å². The van der Waals surface area contributed by atoms with Gasteiger partial charge in [0.2, 0.25) is 5.91 Å². The van der Waals surface area contributed by atoms with Crippen molar-refractivity contribution in [3.05, 3.63) is 29.0 Å². The van der Waals surface area contributed by atoms with Gasteiger partial charge in [-0.2, -0.15) is 0 Å². The highest BCUT2D eigenvalue weighted by molar-refractivity contribution is 7.91. The summed E-state index contributed by atoms with van der Waals surface area (Å²) in [6.07, 6.45) is 0.382. The van der Waals surface area contributed by atoms with Gasteiger partial charge in [0.05, 0.1) is 29.3 Å². The number of rotatable bonds is 4. The molecule has 1 atom stereocenters. The van der Waals surface area contributed by atoms with E-state index in [9.17, 15) is 17.6 Å². The summed E-state index contributed by atoms with van der Waals surface area (Å²) in [5, 5.41) is 5.68. The lowest BCUT2D eigenvalue weighted by Gasteiger charge is -2.24. The number of nitrogens with one attached hydrogen (secondary N) is 2. The monoisotopic (exact) mass is 334 g/mol. The predicted molar refractivity (Wildman–Crippen MR) is 79.7 cm³/mol. The number of hydrogen-bond acceptors (Lipinski definition) is 4. The molecule has 0 unspecified atom stereocenters. The van der Waals surface area contributed by atoms with E-state index >= 15 is 0 Å². The maximum atomic E-state index is 13.5. The molecule has 1 aliphatic rings. The maximum Gasteiger partial charge on any atom is 0.239 e. The molecule has 0 aliphatic carbocycles. The molecule has 1 amide bonds. The van der Waals surface area contributed by atoms with E-state index in [1.54, 1.807) is 6.92 Å². The summed E-state index contributed by atoms with van der Waals surface area (Å²) in [4.78, 5) is 11.9. The van der Waals surface area contributed by atoms with E-state index in [4.69, 9.17) is 11.6 Å². The van der Waals surface area contributed by atoms with E-state index in [0.717, 1.165) is 0 Å². The van der Waals surface area contributed by atoms with E-state index < -0.39 is 27.1 Å². The highest BCUT2D eigenvalue weighted by Crippen LogP contribution is 2.23. The second kappa shape index (κ2) is 5.81. The molecule has 5 nitrogen and oxygen atoms in total. The first-order valence-corrected chi connectivity index (χ1v) is 8.59. The first-order valence-electron chi connectivity index (χ1n) is 6.40. The number of sulfone groups is 1. The Balaban J connectivity index is 1.92. The van der Waals surface area contributed by atoms with Crippen LogP contribution in [0.25, 0.3) is 0 Å². The van der Waals surface area contributed by atoms with E-state index in [1.165, 1.54) is 18.2 Å². The normalized spacial score (nSPS) is 23.8. The molecule has 2 rings (SSSR count). The second-order valence-electron chi connectivity index (χ2n) is 5.43. The summed E-state index contributed by atoms with van der Waals surface area (Å²) in [5.74, 6) is -0.909. The lowest BCUT2D eigenvalue weighted by atomic mass is 10.0. The van der Waals surface area contributed by atoms with Crippen LogP contribution in [0.15, 0.2) is 18.2 Å². The molecule has 1 saturated heterocycles. The van der Waals surface area contributed by atoms with Crippen molar-refractivity contribution in [1.82, 2.24) is 5.32 Å². The van der Waals surface area contributed by atoms with Crippen molar-refractivity contribution in [1.29, 1.82) is 0 Å². The van der Waals surface area contributed by atoms with Crippen molar-refractivity contribution in [2.24, 2.45) is 0 Å². The van der Waals surface area contributed by atoms with Gasteiger partial charge < -0.3 is 10.6 Å². The summed E-state index contributed by atoms with van der Waals surface area (Å²) < 4.78 is 36.4. The Morgan fingerprint density at radius 3 is 2.81 bits per heavy atom. The summed E-state index contributed by atoms with van der Waals surface area (Å²) in [5.41, 5.74) is -0.633. The highest BCUT2D eigenvalue weighted by Gasteiger charge is 2.39. The lowest BCUT2D eigenvalue weighted by molar-refractivity contribution is -0.120. The third-order valence-corrected chi connectivity index (χ3v) is 5.45. The van der Waals surface area contributed by atoms with Gasteiger partial charge in [-0.15, -0.1) is 0 Å². The van der Waals surface area contributed by atoms with Crippen LogP contribution in [0.3, 0.4) is 0 Å². The summed E-state index contributed by atoms with van der Waals surface area (Å²) in [6, 6.07) is 3.99.